The molecule has 1 unspecified atom stereocenters. The van der Waals surface area contributed by atoms with Crippen LogP contribution < -0.4 is 10.6 Å². The number of fused-ring (bicyclic) bond motifs is 1. The molecule has 0 radical (unpaired) electrons. The maximum absolute atomic E-state index is 4.53. The van der Waals surface area contributed by atoms with Crippen molar-refractivity contribution < 1.29 is 0 Å². The molecule has 0 bridgehead atoms. The Hall–Kier alpha value is -2.11. The summed E-state index contributed by atoms with van der Waals surface area (Å²) in [6.45, 7) is 4.55. The van der Waals surface area contributed by atoms with E-state index in [2.05, 4.69) is 66.0 Å². The number of benzene rings is 1. The van der Waals surface area contributed by atoms with Gasteiger partial charge < -0.3 is 10.6 Å². The van der Waals surface area contributed by atoms with Crippen molar-refractivity contribution >= 4 is 38.5 Å². The number of hydrogen-bond donors (Lipinski definition) is 2. The summed E-state index contributed by atoms with van der Waals surface area (Å²) in [6.07, 6.45) is 9.67. The quantitative estimate of drug-likeness (QED) is 0.590. The predicted octanol–water partition coefficient (Wildman–Crippen LogP) is 5.77. The number of aromatic nitrogens is 1. The summed E-state index contributed by atoms with van der Waals surface area (Å²) in [5.41, 5.74) is 4.21. The summed E-state index contributed by atoms with van der Waals surface area (Å²) in [5, 5.41) is 11.9. The predicted molar refractivity (Wildman–Crippen MR) is 117 cm³/mol. The fraction of sp³-hybridized carbons (Fsp3) is 0.318. The average molecular weight is 394 g/mol. The second-order valence-corrected chi connectivity index (χ2v) is 9.80. The van der Waals surface area contributed by atoms with Crippen molar-refractivity contribution in [3.8, 4) is 10.6 Å². The van der Waals surface area contributed by atoms with E-state index in [0.29, 0.717) is 6.04 Å². The van der Waals surface area contributed by atoms with E-state index in [1.165, 1.54) is 39.1 Å². The molecule has 3 aromatic rings. The van der Waals surface area contributed by atoms with Crippen molar-refractivity contribution in [2.24, 2.45) is 0 Å². The highest BCUT2D eigenvalue weighted by molar-refractivity contribution is 7.21. The molecule has 1 aliphatic heterocycles. The number of thiazole rings is 1. The van der Waals surface area contributed by atoms with Gasteiger partial charge in [-0.3, -0.25) is 0 Å². The van der Waals surface area contributed by atoms with E-state index in [4.69, 9.17) is 0 Å². The fourth-order valence-corrected chi connectivity index (χ4v) is 5.62. The number of rotatable bonds is 4. The molecule has 27 heavy (non-hydrogen) atoms. The molecule has 0 spiro atoms. The molecule has 3 nitrogen and oxygen atoms in total. The molecule has 5 rings (SSSR count). The minimum atomic E-state index is 0.0399. The first-order valence-corrected chi connectivity index (χ1v) is 11.2. The van der Waals surface area contributed by atoms with Crippen LogP contribution in [0.15, 0.2) is 53.7 Å². The van der Waals surface area contributed by atoms with Gasteiger partial charge in [-0.1, -0.05) is 24.3 Å². The van der Waals surface area contributed by atoms with Crippen molar-refractivity contribution in [3.05, 3.63) is 58.6 Å². The van der Waals surface area contributed by atoms with Gasteiger partial charge in [0, 0.05) is 21.8 Å². The number of hydrogen-bond acceptors (Lipinski definition) is 5. The van der Waals surface area contributed by atoms with Crippen molar-refractivity contribution in [2.75, 3.05) is 0 Å². The molecule has 5 heteroatoms. The Bertz CT molecular complexity index is 1030. The molecule has 2 N–H and O–H groups in total. The van der Waals surface area contributed by atoms with Gasteiger partial charge in [-0.05, 0) is 56.3 Å². The molecule has 0 saturated heterocycles. The third-order valence-electron chi connectivity index (χ3n) is 5.44. The second-order valence-electron chi connectivity index (χ2n) is 7.85. The Labute approximate surface area is 167 Å². The summed E-state index contributed by atoms with van der Waals surface area (Å²) in [4.78, 5) is 5.89. The van der Waals surface area contributed by atoms with E-state index in [9.17, 15) is 0 Å². The topological polar surface area (TPSA) is 37.0 Å². The number of thiophene rings is 1. The van der Waals surface area contributed by atoms with Gasteiger partial charge in [0.2, 0.25) is 0 Å². The van der Waals surface area contributed by atoms with Crippen LogP contribution in [-0.4, -0.2) is 16.6 Å². The summed E-state index contributed by atoms with van der Waals surface area (Å²) >= 11 is 3.60. The van der Waals surface area contributed by atoms with E-state index in [0.717, 1.165) is 11.4 Å². The highest BCUT2D eigenvalue weighted by atomic mass is 32.1. The Kier molecular flexibility index (Phi) is 4.10. The zero-order chi connectivity index (χ0) is 18.4. The van der Waals surface area contributed by atoms with Crippen LogP contribution in [0, 0.1) is 0 Å². The van der Waals surface area contributed by atoms with Gasteiger partial charge in [0.15, 0.2) is 0 Å². The first-order valence-electron chi connectivity index (χ1n) is 9.46. The van der Waals surface area contributed by atoms with Gasteiger partial charge in [-0.2, -0.15) is 0 Å². The van der Waals surface area contributed by atoms with E-state index < -0.39 is 0 Å². The number of allylic oxidation sites excluding steroid dienone is 1. The van der Waals surface area contributed by atoms with Gasteiger partial charge >= 0.3 is 0 Å². The molecule has 0 amide bonds. The standard InChI is InChI=1S/C22H23N3S2/c1-22(2)18(7-4-10-24-22)25-19(14-8-9-14)17-13-15-5-3-6-16(20(15)27-17)21-23-11-12-26-21/h3-6,10-13,18,24-25H,7-9H2,1-2H3. The highest BCUT2D eigenvalue weighted by Crippen LogP contribution is 2.42. The third-order valence-corrected chi connectivity index (χ3v) is 7.45. The molecular weight excluding hydrogens is 370 g/mol. The Balaban J connectivity index is 1.55. The first kappa shape index (κ1) is 17.0. The minimum Gasteiger partial charge on any atom is -0.384 e. The maximum Gasteiger partial charge on any atom is 0.124 e. The minimum absolute atomic E-state index is 0.0399. The molecule has 1 aliphatic carbocycles. The Morgan fingerprint density at radius 1 is 1.30 bits per heavy atom. The van der Waals surface area contributed by atoms with Gasteiger partial charge in [0.05, 0.1) is 22.2 Å². The van der Waals surface area contributed by atoms with E-state index in [1.807, 2.05) is 22.9 Å². The van der Waals surface area contributed by atoms with Crippen molar-refractivity contribution in [1.29, 1.82) is 0 Å². The SMILES string of the molecule is CC1(C)NC=CCC1NC(=C1CC1)c1cc2cccc(-c3nccs3)c2s1. The van der Waals surface area contributed by atoms with Crippen LogP contribution in [0.5, 0.6) is 0 Å². The van der Waals surface area contributed by atoms with Crippen molar-refractivity contribution in [1.82, 2.24) is 15.6 Å². The first-order chi connectivity index (χ1) is 13.1. The van der Waals surface area contributed by atoms with Gasteiger partial charge in [-0.25, -0.2) is 4.98 Å². The summed E-state index contributed by atoms with van der Waals surface area (Å²) < 4.78 is 1.34. The maximum atomic E-state index is 4.53. The molecule has 1 aromatic carbocycles. The van der Waals surface area contributed by atoms with Crippen LogP contribution in [0.3, 0.4) is 0 Å². The molecule has 3 heterocycles. The van der Waals surface area contributed by atoms with Crippen LogP contribution in [0.2, 0.25) is 0 Å². The third kappa shape index (κ3) is 3.19. The summed E-state index contributed by atoms with van der Waals surface area (Å²) in [6, 6.07) is 9.29. The lowest BCUT2D eigenvalue weighted by Crippen LogP contribution is -2.55. The van der Waals surface area contributed by atoms with Crippen LogP contribution in [0.25, 0.3) is 26.4 Å². The zero-order valence-electron chi connectivity index (χ0n) is 15.6. The van der Waals surface area contributed by atoms with Gasteiger partial charge in [0.1, 0.15) is 5.01 Å². The van der Waals surface area contributed by atoms with Crippen LogP contribution in [0.4, 0.5) is 0 Å². The average Bonchev–Trinajstić information content (AvgIpc) is 3.17. The largest absolute Gasteiger partial charge is 0.384 e. The zero-order valence-corrected chi connectivity index (χ0v) is 17.2. The lowest BCUT2D eigenvalue weighted by molar-refractivity contribution is 0.316. The molecule has 1 fully saturated rings. The smallest absolute Gasteiger partial charge is 0.124 e. The van der Waals surface area contributed by atoms with Crippen molar-refractivity contribution in [3.63, 3.8) is 0 Å². The normalized spacial score (nSPS) is 20.5. The van der Waals surface area contributed by atoms with E-state index in [1.54, 1.807) is 16.9 Å². The molecule has 1 atom stereocenters. The lowest BCUT2D eigenvalue weighted by Gasteiger charge is -2.38. The Morgan fingerprint density at radius 2 is 2.19 bits per heavy atom. The highest BCUT2D eigenvalue weighted by Gasteiger charge is 2.32. The van der Waals surface area contributed by atoms with E-state index in [-0.39, 0.29) is 5.54 Å². The molecule has 138 valence electrons. The number of nitrogens with zero attached hydrogens (tertiary/aromatic N) is 1. The number of nitrogens with one attached hydrogen (secondary N) is 2. The summed E-state index contributed by atoms with van der Waals surface area (Å²) in [7, 11) is 0. The molecule has 2 aliphatic rings. The van der Waals surface area contributed by atoms with Gasteiger partial charge in [-0.15, -0.1) is 22.7 Å². The van der Waals surface area contributed by atoms with Gasteiger partial charge in [0.25, 0.3) is 0 Å². The lowest BCUT2D eigenvalue weighted by atomic mass is 9.89. The summed E-state index contributed by atoms with van der Waals surface area (Å²) in [5.74, 6) is 0. The molecule has 2 aromatic heterocycles. The van der Waals surface area contributed by atoms with Crippen LogP contribution in [-0.2, 0) is 0 Å². The van der Waals surface area contributed by atoms with E-state index >= 15 is 0 Å². The fourth-order valence-electron chi connectivity index (χ4n) is 3.66. The Morgan fingerprint density at radius 3 is 2.93 bits per heavy atom. The van der Waals surface area contributed by atoms with Crippen LogP contribution in [0.1, 0.15) is 38.0 Å². The molecule has 1 saturated carbocycles. The molecular formula is C22H23N3S2. The second kappa shape index (κ2) is 6.50. The monoisotopic (exact) mass is 393 g/mol. The van der Waals surface area contributed by atoms with Crippen molar-refractivity contribution in [2.45, 2.75) is 44.7 Å². The van der Waals surface area contributed by atoms with Crippen LogP contribution >= 0.6 is 22.7 Å².